The lowest BCUT2D eigenvalue weighted by Crippen LogP contribution is -2.47. The zero-order chi connectivity index (χ0) is 22.1. The Morgan fingerprint density at radius 2 is 1.66 bits per heavy atom. The molecular weight excluding hydrogens is 445 g/mol. The van der Waals surface area contributed by atoms with Crippen LogP contribution in [0.1, 0.15) is 25.7 Å². The average molecular weight is 476 g/mol. The van der Waals surface area contributed by atoms with E-state index in [1.807, 2.05) is 12.1 Å². The van der Waals surface area contributed by atoms with E-state index in [0.717, 1.165) is 56.1 Å². The first-order chi connectivity index (χ1) is 15.5. The molecule has 2 fully saturated rings. The Morgan fingerprint density at radius 1 is 0.938 bits per heavy atom. The molecule has 0 aliphatic carbocycles. The number of piperidine rings is 2. The summed E-state index contributed by atoms with van der Waals surface area (Å²) in [7, 11) is -3.37. The van der Waals surface area contributed by atoms with E-state index in [4.69, 9.17) is 0 Å². The molecule has 0 bridgehead atoms. The van der Waals surface area contributed by atoms with E-state index in [9.17, 15) is 12.8 Å². The third-order valence-electron chi connectivity index (χ3n) is 7.06. The van der Waals surface area contributed by atoms with Crippen LogP contribution in [0.3, 0.4) is 0 Å². The molecule has 0 aromatic heterocycles. The number of thioether (sulfide) groups is 1. The summed E-state index contributed by atoms with van der Waals surface area (Å²) in [6, 6.07) is 14.4. The molecule has 8 heteroatoms. The van der Waals surface area contributed by atoms with Gasteiger partial charge in [-0.2, -0.15) is 4.31 Å². The smallest absolute Gasteiger partial charge is 0.243 e. The van der Waals surface area contributed by atoms with Crippen LogP contribution < -0.4 is 4.90 Å². The Balaban J connectivity index is 1.10. The molecule has 0 atom stereocenters. The molecule has 0 N–H and O–H groups in total. The number of hydrogen-bond acceptors (Lipinski definition) is 5. The SMILES string of the molecule is O=S(=O)(c1ccccc1)N1CCC(CN2CCC(N3CSc4cc(F)ccc43)CC2)CC1. The summed E-state index contributed by atoms with van der Waals surface area (Å²) >= 11 is 1.73. The van der Waals surface area contributed by atoms with Gasteiger partial charge < -0.3 is 9.80 Å². The maximum Gasteiger partial charge on any atom is 0.243 e. The molecule has 0 unspecified atom stereocenters. The van der Waals surface area contributed by atoms with Gasteiger partial charge in [-0.05, 0) is 61.9 Å². The van der Waals surface area contributed by atoms with Crippen LogP contribution in [0.4, 0.5) is 10.1 Å². The summed E-state index contributed by atoms with van der Waals surface area (Å²) in [5.74, 6) is 1.31. The van der Waals surface area contributed by atoms with Gasteiger partial charge in [-0.15, -0.1) is 11.8 Å². The topological polar surface area (TPSA) is 43.9 Å². The van der Waals surface area contributed by atoms with Crippen molar-refractivity contribution in [2.75, 3.05) is 43.5 Å². The molecule has 0 amide bonds. The summed E-state index contributed by atoms with van der Waals surface area (Å²) < 4.78 is 40.8. The minimum atomic E-state index is -3.37. The van der Waals surface area contributed by atoms with E-state index in [1.165, 1.54) is 5.69 Å². The second-order valence-corrected chi connectivity index (χ2v) is 12.0. The van der Waals surface area contributed by atoms with Crippen LogP contribution in [0.25, 0.3) is 0 Å². The molecule has 0 saturated carbocycles. The molecule has 0 spiro atoms. The maximum absolute atomic E-state index is 13.5. The van der Waals surface area contributed by atoms with Crippen LogP contribution in [0.2, 0.25) is 0 Å². The Morgan fingerprint density at radius 3 is 2.38 bits per heavy atom. The van der Waals surface area contributed by atoms with Gasteiger partial charge in [0.1, 0.15) is 5.82 Å². The zero-order valence-corrected chi connectivity index (χ0v) is 19.8. The molecule has 2 saturated heterocycles. The van der Waals surface area contributed by atoms with Crippen LogP contribution in [0.15, 0.2) is 58.3 Å². The highest BCUT2D eigenvalue weighted by Gasteiger charge is 2.33. The summed E-state index contributed by atoms with van der Waals surface area (Å²) in [6.07, 6.45) is 4.10. The Labute approximate surface area is 194 Å². The molecule has 32 heavy (non-hydrogen) atoms. The van der Waals surface area contributed by atoms with E-state index in [2.05, 4.69) is 9.80 Å². The van der Waals surface area contributed by atoms with Gasteiger partial charge in [0.2, 0.25) is 10.0 Å². The minimum Gasteiger partial charge on any atom is -0.358 e. The van der Waals surface area contributed by atoms with Crippen molar-refractivity contribution in [2.45, 2.75) is 41.5 Å². The molecule has 3 heterocycles. The molecule has 2 aromatic carbocycles. The quantitative estimate of drug-likeness (QED) is 0.647. The first-order valence-corrected chi connectivity index (χ1v) is 13.9. The second kappa shape index (κ2) is 9.33. The monoisotopic (exact) mass is 475 g/mol. The van der Waals surface area contributed by atoms with E-state index in [0.29, 0.717) is 29.9 Å². The summed E-state index contributed by atoms with van der Waals surface area (Å²) in [4.78, 5) is 6.45. The van der Waals surface area contributed by atoms with Crippen molar-refractivity contribution in [1.82, 2.24) is 9.21 Å². The Hall–Kier alpha value is -1.61. The van der Waals surface area contributed by atoms with Crippen LogP contribution >= 0.6 is 11.8 Å². The third kappa shape index (κ3) is 4.55. The van der Waals surface area contributed by atoms with Crippen molar-refractivity contribution in [3.05, 3.63) is 54.3 Å². The predicted molar refractivity (Wildman–Crippen MR) is 127 cm³/mol. The van der Waals surface area contributed by atoms with E-state index in [-0.39, 0.29) is 5.82 Å². The maximum atomic E-state index is 13.5. The largest absolute Gasteiger partial charge is 0.358 e. The van der Waals surface area contributed by atoms with Crippen molar-refractivity contribution in [3.8, 4) is 0 Å². The fourth-order valence-corrected chi connectivity index (χ4v) is 7.85. The number of fused-ring (bicyclic) bond motifs is 1. The summed E-state index contributed by atoms with van der Waals surface area (Å²) in [5.41, 5.74) is 1.18. The average Bonchev–Trinajstić information content (AvgIpc) is 3.23. The molecular formula is C24H30FN3O2S2. The number of anilines is 1. The fourth-order valence-electron chi connectivity index (χ4n) is 5.20. The van der Waals surface area contributed by atoms with Gasteiger partial charge in [0.15, 0.2) is 0 Å². The van der Waals surface area contributed by atoms with Gasteiger partial charge in [0.25, 0.3) is 0 Å². The van der Waals surface area contributed by atoms with Gasteiger partial charge in [0, 0.05) is 43.7 Å². The van der Waals surface area contributed by atoms with Crippen LogP contribution in [-0.4, -0.2) is 62.3 Å². The predicted octanol–water partition coefficient (Wildman–Crippen LogP) is 4.26. The molecule has 3 aliphatic rings. The molecule has 172 valence electrons. The first-order valence-electron chi connectivity index (χ1n) is 11.5. The first kappa shape index (κ1) is 22.2. The summed E-state index contributed by atoms with van der Waals surface area (Å²) in [6.45, 7) is 4.42. The van der Waals surface area contributed by atoms with Crippen molar-refractivity contribution < 1.29 is 12.8 Å². The minimum absolute atomic E-state index is 0.157. The van der Waals surface area contributed by atoms with Gasteiger partial charge >= 0.3 is 0 Å². The molecule has 2 aromatic rings. The van der Waals surface area contributed by atoms with Crippen molar-refractivity contribution in [1.29, 1.82) is 0 Å². The van der Waals surface area contributed by atoms with Gasteiger partial charge in [-0.25, -0.2) is 12.8 Å². The molecule has 0 radical (unpaired) electrons. The number of nitrogens with zero attached hydrogens (tertiary/aromatic N) is 3. The molecule has 5 rings (SSSR count). The lowest BCUT2D eigenvalue weighted by atomic mass is 9.95. The van der Waals surface area contributed by atoms with Crippen LogP contribution in [0, 0.1) is 11.7 Å². The van der Waals surface area contributed by atoms with E-state index < -0.39 is 10.0 Å². The highest BCUT2D eigenvalue weighted by atomic mass is 32.2. The van der Waals surface area contributed by atoms with Crippen molar-refractivity contribution >= 4 is 27.5 Å². The number of hydrogen-bond donors (Lipinski definition) is 0. The number of likely N-dealkylation sites (tertiary alicyclic amines) is 1. The van der Waals surface area contributed by atoms with E-state index in [1.54, 1.807) is 52.5 Å². The number of benzene rings is 2. The van der Waals surface area contributed by atoms with E-state index >= 15 is 0 Å². The standard InChI is InChI=1S/C24H30FN3O2S2/c25-20-6-7-23-24(16-20)31-18-28(23)21-10-12-26(13-11-21)17-19-8-14-27(15-9-19)32(29,30)22-4-2-1-3-5-22/h1-7,16,19,21H,8-15,17-18H2. The summed E-state index contributed by atoms with van der Waals surface area (Å²) in [5, 5.41) is 0. The van der Waals surface area contributed by atoms with Gasteiger partial charge in [-0.1, -0.05) is 18.2 Å². The highest BCUT2D eigenvalue weighted by Crippen LogP contribution is 2.41. The highest BCUT2D eigenvalue weighted by molar-refractivity contribution is 7.99. The van der Waals surface area contributed by atoms with Crippen molar-refractivity contribution in [2.24, 2.45) is 5.92 Å². The number of sulfonamides is 1. The zero-order valence-electron chi connectivity index (χ0n) is 18.2. The Bertz CT molecular complexity index is 1030. The second-order valence-electron chi connectivity index (χ2n) is 9.05. The number of rotatable bonds is 5. The van der Waals surface area contributed by atoms with Crippen molar-refractivity contribution in [3.63, 3.8) is 0 Å². The molecule has 5 nitrogen and oxygen atoms in total. The third-order valence-corrected chi connectivity index (χ3v) is 10.0. The lowest BCUT2D eigenvalue weighted by Gasteiger charge is -2.40. The molecule has 3 aliphatic heterocycles. The van der Waals surface area contributed by atoms with Gasteiger partial charge in [0.05, 0.1) is 16.5 Å². The van der Waals surface area contributed by atoms with Crippen LogP contribution in [-0.2, 0) is 10.0 Å². The fraction of sp³-hybridized carbons (Fsp3) is 0.500. The van der Waals surface area contributed by atoms with Gasteiger partial charge in [-0.3, -0.25) is 0 Å². The lowest BCUT2D eigenvalue weighted by molar-refractivity contribution is 0.152. The number of halogens is 1. The normalized spacial score (nSPS) is 21.7. The van der Waals surface area contributed by atoms with Crippen LogP contribution in [0.5, 0.6) is 0 Å². The Kier molecular flexibility index (Phi) is 6.47.